The number of carboxylic acid groups (broad SMARTS) is 1. The van der Waals surface area contributed by atoms with Crippen molar-refractivity contribution < 1.29 is 41.9 Å². The van der Waals surface area contributed by atoms with Gasteiger partial charge >= 0.3 is 18.3 Å². The second kappa shape index (κ2) is 9.29. The minimum atomic E-state index is -4.93. The lowest BCUT2D eigenvalue weighted by Crippen LogP contribution is -2.45. The van der Waals surface area contributed by atoms with Crippen LogP contribution in [0.3, 0.4) is 0 Å². The molecule has 1 aromatic carbocycles. The third-order valence-electron chi connectivity index (χ3n) is 5.92. The molecule has 0 saturated heterocycles. The van der Waals surface area contributed by atoms with Crippen LogP contribution in [0.5, 0.6) is 0 Å². The summed E-state index contributed by atoms with van der Waals surface area (Å²) in [5, 5.41) is 18.9. The van der Waals surface area contributed by atoms with Crippen molar-refractivity contribution in [3.8, 4) is 0 Å². The number of halogens is 4. The standard InChI is InChI=1S/C21H22F4N6O5/c1-10-5-16-13(17-18(32)29(2)36-12(7-26-20(34)35)8-31(17)28-16)9-30(10)19(33)27-11-3-4-15(22)14(6-11)21(23,24)25/h3-4,6,10,12,26H,5,7-9H2,1-2H3,(H,27,33)(H,34,35)/t10-,12?/m1/s1. The van der Waals surface area contributed by atoms with Crippen molar-refractivity contribution in [1.29, 1.82) is 0 Å². The van der Waals surface area contributed by atoms with Gasteiger partial charge in [-0.05, 0) is 25.1 Å². The minimum absolute atomic E-state index is 0.0646. The molecular weight excluding hydrogens is 492 g/mol. The van der Waals surface area contributed by atoms with Crippen LogP contribution in [0.4, 0.5) is 32.8 Å². The molecule has 0 aliphatic carbocycles. The van der Waals surface area contributed by atoms with Crippen LogP contribution in [0.2, 0.25) is 0 Å². The van der Waals surface area contributed by atoms with E-state index in [4.69, 9.17) is 9.94 Å². The van der Waals surface area contributed by atoms with Crippen molar-refractivity contribution in [3.05, 3.63) is 46.5 Å². The number of anilines is 1. The van der Waals surface area contributed by atoms with Crippen LogP contribution in [0.25, 0.3) is 0 Å². The maximum absolute atomic E-state index is 13.6. The second-order valence-electron chi connectivity index (χ2n) is 8.48. The van der Waals surface area contributed by atoms with Gasteiger partial charge in [0.15, 0.2) is 0 Å². The van der Waals surface area contributed by atoms with E-state index < -0.39 is 47.7 Å². The third kappa shape index (κ3) is 4.91. The lowest BCUT2D eigenvalue weighted by atomic mass is 9.99. The molecule has 194 valence electrons. The summed E-state index contributed by atoms with van der Waals surface area (Å²) in [6.45, 7) is 1.62. The Kier molecular flexibility index (Phi) is 6.51. The summed E-state index contributed by atoms with van der Waals surface area (Å²) in [4.78, 5) is 43.7. The molecule has 1 aromatic heterocycles. The van der Waals surface area contributed by atoms with Crippen molar-refractivity contribution in [2.45, 2.75) is 44.8 Å². The molecule has 2 atom stereocenters. The molecule has 36 heavy (non-hydrogen) atoms. The number of alkyl halides is 3. The number of urea groups is 1. The lowest BCUT2D eigenvalue weighted by molar-refractivity contribution is -0.146. The molecule has 3 N–H and O–H groups in total. The number of nitrogens with one attached hydrogen (secondary N) is 2. The summed E-state index contributed by atoms with van der Waals surface area (Å²) in [6.07, 6.45) is -6.65. The molecule has 15 heteroatoms. The molecule has 3 heterocycles. The molecule has 0 bridgehead atoms. The lowest BCUT2D eigenvalue weighted by Gasteiger charge is -2.33. The van der Waals surface area contributed by atoms with Gasteiger partial charge in [0.05, 0.1) is 30.9 Å². The summed E-state index contributed by atoms with van der Waals surface area (Å²) < 4.78 is 54.1. The average Bonchev–Trinajstić information content (AvgIpc) is 3.07. The number of aromatic nitrogens is 2. The number of fused-ring (bicyclic) bond motifs is 3. The largest absolute Gasteiger partial charge is 0.465 e. The van der Waals surface area contributed by atoms with Crippen LogP contribution in [0.1, 0.15) is 34.2 Å². The Morgan fingerprint density at radius 1 is 1.31 bits per heavy atom. The summed E-state index contributed by atoms with van der Waals surface area (Å²) in [5.74, 6) is -2.01. The molecule has 11 nitrogen and oxygen atoms in total. The van der Waals surface area contributed by atoms with Crippen molar-refractivity contribution in [2.24, 2.45) is 0 Å². The molecule has 2 aliphatic heterocycles. The monoisotopic (exact) mass is 514 g/mol. The Morgan fingerprint density at radius 3 is 2.69 bits per heavy atom. The van der Waals surface area contributed by atoms with Crippen LogP contribution >= 0.6 is 0 Å². The van der Waals surface area contributed by atoms with E-state index in [0.717, 1.165) is 11.1 Å². The van der Waals surface area contributed by atoms with E-state index in [9.17, 15) is 31.9 Å². The van der Waals surface area contributed by atoms with E-state index in [1.165, 1.54) is 16.6 Å². The molecule has 1 unspecified atom stereocenters. The number of hydrogen-bond donors (Lipinski definition) is 3. The number of hydrogen-bond acceptors (Lipinski definition) is 5. The van der Waals surface area contributed by atoms with Gasteiger partial charge in [0, 0.05) is 30.8 Å². The van der Waals surface area contributed by atoms with Gasteiger partial charge < -0.3 is 20.6 Å². The number of carbonyl (C=O) groups excluding carboxylic acids is 2. The topological polar surface area (TPSA) is 129 Å². The second-order valence-corrected chi connectivity index (χ2v) is 8.48. The van der Waals surface area contributed by atoms with Crippen molar-refractivity contribution in [2.75, 3.05) is 18.9 Å². The number of benzene rings is 1. The van der Waals surface area contributed by atoms with Gasteiger partial charge in [-0.15, -0.1) is 0 Å². The molecule has 4 amide bonds. The zero-order valence-electron chi connectivity index (χ0n) is 19.1. The highest BCUT2D eigenvalue weighted by Crippen LogP contribution is 2.34. The fraction of sp³-hybridized carbons (Fsp3) is 0.429. The number of amides is 4. The van der Waals surface area contributed by atoms with Crippen LogP contribution in [-0.2, 0) is 30.5 Å². The van der Waals surface area contributed by atoms with E-state index in [-0.39, 0.29) is 37.4 Å². The molecule has 0 radical (unpaired) electrons. The predicted molar refractivity (Wildman–Crippen MR) is 114 cm³/mol. The van der Waals surface area contributed by atoms with E-state index in [1.54, 1.807) is 6.92 Å². The maximum Gasteiger partial charge on any atom is 0.419 e. The quantitative estimate of drug-likeness (QED) is 0.541. The molecule has 2 aromatic rings. The van der Waals surface area contributed by atoms with Gasteiger partial charge in [0.2, 0.25) is 0 Å². The normalized spacial score (nSPS) is 19.9. The molecule has 0 saturated carbocycles. The highest BCUT2D eigenvalue weighted by atomic mass is 19.4. The summed E-state index contributed by atoms with van der Waals surface area (Å²) >= 11 is 0. The molecule has 0 fully saturated rings. The molecule has 2 aliphatic rings. The highest BCUT2D eigenvalue weighted by molar-refractivity contribution is 5.94. The third-order valence-corrected chi connectivity index (χ3v) is 5.92. The summed E-state index contributed by atoms with van der Waals surface area (Å²) in [6, 6.07) is 1.00. The van der Waals surface area contributed by atoms with Crippen molar-refractivity contribution >= 4 is 23.7 Å². The van der Waals surface area contributed by atoms with Crippen molar-refractivity contribution in [3.63, 3.8) is 0 Å². The SMILES string of the molecule is C[C@@H]1Cc2nn3c(c2CN1C(=O)Nc1ccc(F)c(C(F)(F)F)c1)C(=O)N(C)OC(CNC(=O)O)C3. The van der Waals surface area contributed by atoms with Gasteiger partial charge in [-0.3, -0.25) is 14.3 Å². The predicted octanol–water partition coefficient (Wildman–Crippen LogP) is 2.67. The Hall–Kier alpha value is -3.88. The average molecular weight is 514 g/mol. The van der Waals surface area contributed by atoms with Crippen LogP contribution in [-0.4, -0.2) is 68.6 Å². The maximum atomic E-state index is 13.6. The number of nitrogens with zero attached hydrogens (tertiary/aromatic N) is 4. The first-order valence-corrected chi connectivity index (χ1v) is 10.8. The van der Waals surface area contributed by atoms with E-state index in [1.807, 2.05) is 0 Å². The Labute approximate surface area is 201 Å². The zero-order chi connectivity index (χ0) is 26.4. The zero-order valence-corrected chi connectivity index (χ0v) is 19.1. The molecule has 0 spiro atoms. The van der Waals surface area contributed by atoms with Crippen LogP contribution < -0.4 is 10.6 Å². The van der Waals surface area contributed by atoms with Crippen molar-refractivity contribution in [1.82, 2.24) is 25.1 Å². The van der Waals surface area contributed by atoms with Gasteiger partial charge in [0.25, 0.3) is 5.91 Å². The first-order chi connectivity index (χ1) is 16.8. The Bertz CT molecular complexity index is 1220. The number of rotatable bonds is 3. The van der Waals surface area contributed by atoms with E-state index in [0.29, 0.717) is 23.4 Å². The highest BCUT2D eigenvalue weighted by Gasteiger charge is 2.38. The van der Waals surface area contributed by atoms with E-state index >= 15 is 0 Å². The molecule has 4 rings (SSSR count). The fourth-order valence-corrected chi connectivity index (χ4v) is 4.20. The number of carbonyl (C=O) groups is 3. The Balaban J connectivity index is 1.58. The fourth-order valence-electron chi connectivity index (χ4n) is 4.20. The van der Waals surface area contributed by atoms with Gasteiger partial charge in [-0.25, -0.2) is 19.0 Å². The summed E-state index contributed by atoms with van der Waals surface area (Å²) in [7, 11) is 1.37. The van der Waals surface area contributed by atoms with Crippen LogP contribution in [0.15, 0.2) is 18.2 Å². The molecular formula is C21H22F4N6O5. The minimum Gasteiger partial charge on any atom is -0.465 e. The van der Waals surface area contributed by atoms with Gasteiger partial charge in [0.1, 0.15) is 17.6 Å². The summed E-state index contributed by atoms with van der Waals surface area (Å²) in [5.41, 5.74) is -0.562. The van der Waals surface area contributed by atoms with E-state index in [2.05, 4.69) is 15.7 Å². The first kappa shape index (κ1) is 25.2. The smallest absolute Gasteiger partial charge is 0.419 e. The first-order valence-electron chi connectivity index (χ1n) is 10.8. The number of hydroxylamine groups is 2. The van der Waals surface area contributed by atoms with Gasteiger partial charge in [-0.2, -0.15) is 18.3 Å². The Morgan fingerprint density at radius 2 is 2.03 bits per heavy atom. The van der Waals surface area contributed by atoms with Crippen LogP contribution in [0, 0.1) is 5.82 Å². The van der Waals surface area contributed by atoms with Gasteiger partial charge in [-0.1, -0.05) is 0 Å².